The summed E-state index contributed by atoms with van der Waals surface area (Å²) in [5, 5.41) is 3.28. The number of methoxy groups -OCH3 is 1. The first kappa shape index (κ1) is 34.9. The van der Waals surface area contributed by atoms with Gasteiger partial charge in [-0.25, -0.2) is 4.79 Å². The molecule has 1 N–H and O–H groups in total. The van der Waals surface area contributed by atoms with E-state index in [-0.39, 0.29) is 24.9 Å². The van der Waals surface area contributed by atoms with Crippen LogP contribution in [0.4, 0.5) is 4.79 Å². The number of carbonyl (C=O) groups is 3. The van der Waals surface area contributed by atoms with Crippen molar-refractivity contribution in [2.75, 3.05) is 40.4 Å². The van der Waals surface area contributed by atoms with Crippen molar-refractivity contribution in [2.45, 2.75) is 64.0 Å². The number of unbranched alkanes of at least 4 members (excludes halogenated alkanes) is 1. The highest BCUT2D eigenvalue weighted by Crippen LogP contribution is 2.50. The summed E-state index contributed by atoms with van der Waals surface area (Å²) < 4.78 is 17.4. The van der Waals surface area contributed by atoms with Crippen LogP contribution in [0.2, 0.25) is 0 Å². The fourth-order valence-corrected chi connectivity index (χ4v) is 6.84. The van der Waals surface area contributed by atoms with Gasteiger partial charge in [0.2, 0.25) is 11.8 Å². The summed E-state index contributed by atoms with van der Waals surface area (Å²) in [6.45, 7) is 7.05. The highest BCUT2D eigenvalue weighted by molar-refractivity contribution is 5.84. The zero-order chi connectivity index (χ0) is 34.3. The Morgan fingerprint density at radius 2 is 1.60 bits per heavy atom. The number of fused-ring (bicyclic) bond motifs is 2. The summed E-state index contributed by atoms with van der Waals surface area (Å²) in [5.41, 5.74) is 1.53. The minimum atomic E-state index is -0.722. The predicted octanol–water partition coefficient (Wildman–Crippen LogP) is 5.94. The molecule has 0 unspecified atom stereocenters. The molecular formula is C38H48N4O6. The number of ether oxygens (including phenoxy) is 3. The van der Waals surface area contributed by atoms with Crippen LogP contribution < -0.4 is 10.1 Å². The molecule has 0 spiro atoms. The molecule has 1 aromatic heterocycles. The number of nitrogens with zero attached hydrogens (tertiary/aromatic N) is 3. The van der Waals surface area contributed by atoms with Gasteiger partial charge in [0.15, 0.2) is 0 Å². The number of carbonyl (C=O) groups excluding carboxylic acids is 3. The molecular weight excluding hydrogens is 608 g/mol. The first-order valence-corrected chi connectivity index (χ1v) is 16.8. The molecule has 3 amide bonds. The lowest BCUT2D eigenvalue weighted by molar-refractivity contribution is -0.139. The standard InChI is InChI=1S/C38H48N4O6/c1-37(2,3)48-36(45)42-23-27(22-28(24-42)35(44)41(4)25-29-14-10-12-20-39-29)34(43)40-26-38(19-11-13-21-46-5)30-15-6-8-17-32(30)47-33-18-9-7-16-31(33)38/h6-10,12,14-18,20,27-28H,11,13,19,21-26H2,1-5H3,(H,40,43)/t27-,28+/m0/s1. The SMILES string of the molecule is COCCCCC1(CNC(=O)[C@H]2C[C@@H](C(=O)N(C)Cc3ccccn3)CN(C(=O)OC(C)(C)C)C2)c2ccccc2Oc2ccccc21. The molecule has 0 bridgehead atoms. The summed E-state index contributed by atoms with van der Waals surface area (Å²) in [4.78, 5) is 48.8. The summed E-state index contributed by atoms with van der Waals surface area (Å²) >= 11 is 0. The van der Waals surface area contributed by atoms with E-state index in [4.69, 9.17) is 14.2 Å². The van der Waals surface area contributed by atoms with E-state index in [1.807, 2.05) is 54.6 Å². The molecule has 5 rings (SSSR count). The van der Waals surface area contributed by atoms with E-state index in [1.54, 1.807) is 46.0 Å². The normalized spacial score (nSPS) is 18.1. The maximum absolute atomic E-state index is 14.2. The molecule has 256 valence electrons. The second kappa shape index (κ2) is 15.2. The minimum Gasteiger partial charge on any atom is -0.457 e. The molecule has 2 aliphatic rings. The number of likely N-dealkylation sites (tertiary alicyclic amines) is 1. The van der Waals surface area contributed by atoms with Gasteiger partial charge < -0.3 is 29.3 Å². The second-order valence-corrected chi connectivity index (χ2v) is 13.9. The van der Waals surface area contributed by atoms with Crippen LogP contribution in [-0.2, 0) is 31.0 Å². The van der Waals surface area contributed by atoms with Crippen LogP contribution in [-0.4, -0.2) is 78.7 Å². The van der Waals surface area contributed by atoms with Gasteiger partial charge in [0.05, 0.1) is 24.1 Å². The van der Waals surface area contributed by atoms with Gasteiger partial charge in [0.25, 0.3) is 0 Å². The van der Waals surface area contributed by atoms with Crippen molar-refractivity contribution in [1.82, 2.24) is 20.1 Å². The molecule has 10 heteroatoms. The number of rotatable bonds is 11. The number of para-hydroxylation sites is 2. The van der Waals surface area contributed by atoms with Crippen molar-refractivity contribution >= 4 is 17.9 Å². The highest BCUT2D eigenvalue weighted by Gasteiger charge is 2.44. The maximum Gasteiger partial charge on any atom is 0.410 e. The zero-order valence-corrected chi connectivity index (χ0v) is 28.7. The molecule has 2 aliphatic heterocycles. The lowest BCUT2D eigenvalue weighted by atomic mass is 9.69. The van der Waals surface area contributed by atoms with Gasteiger partial charge in [0.1, 0.15) is 17.1 Å². The number of hydrogen-bond acceptors (Lipinski definition) is 7. The number of piperidine rings is 1. The number of benzene rings is 2. The topological polar surface area (TPSA) is 110 Å². The Bertz CT molecular complexity index is 1530. The van der Waals surface area contributed by atoms with Gasteiger partial charge in [-0.2, -0.15) is 0 Å². The van der Waals surface area contributed by atoms with Crippen molar-refractivity contribution in [3.63, 3.8) is 0 Å². The first-order valence-electron chi connectivity index (χ1n) is 16.8. The quantitative estimate of drug-likeness (QED) is 0.255. The molecule has 0 radical (unpaired) electrons. The third kappa shape index (κ3) is 8.16. The molecule has 2 aromatic carbocycles. The summed E-state index contributed by atoms with van der Waals surface area (Å²) in [6.07, 6.45) is 3.99. The summed E-state index contributed by atoms with van der Waals surface area (Å²) in [5.74, 6) is 0.00231. The van der Waals surface area contributed by atoms with E-state index in [9.17, 15) is 14.4 Å². The molecule has 0 saturated carbocycles. The van der Waals surface area contributed by atoms with Gasteiger partial charge >= 0.3 is 6.09 Å². The fraction of sp³-hybridized carbons (Fsp3) is 0.474. The predicted molar refractivity (Wildman–Crippen MR) is 183 cm³/mol. The van der Waals surface area contributed by atoms with E-state index in [0.29, 0.717) is 26.1 Å². The number of pyridine rings is 1. The molecule has 0 aliphatic carbocycles. The summed E-state index contributed by atoms with van der Waals surface area (Å²) in [7, 11) is 3.43. The molecule has 3 heterocycles. The Balaban J connectivity index is 1.40. The second-order valence-electron chi connectivity index (χ2n) is 13.9. The molecule has 48 heavy (non-hydrogen) atoms. The van der Waals surface area contributed by atoms with E-state index in [1.165, 1.54) is 4.90 Å². The van der Waals surface area contributed by atoms with Crippen LogP contribution in [0, 0.1) is 11.8 Å². The van der Waals surface area contributed by atoms with Crippen molar-refractivity contribution in [2.24, 2.45) is 11.8 Å². The largest absolute Gasteiger partial charge is 0.457 e. The Morgan fingerprint density at radius 1 is 0.958 bits per heavy atom. The van der Waals surface area contributed by atoms with Crippen LogP contribution in [0.1, 0.15) is 63.3 Å². The monoisotopic (exact) mass is 656 g/mol. The summed E-state index contributed by atoms with van der Waals surface area (Å²) in [6, 6.07) is 21.6. The number of aromatic nitrogens is 1. The molecule has 3 aromatic rings. The van der Waals surface area contributed by atoms with Crippen LogP contribution in [0.3, 0.4) is 0 Å². The van der Waals surface area contributed by atoms with Crippen molar-refractivity contribution < 1.29 is 28.6 Å². The lowest BCUT2D eigenvalue weighted by Crippen LogP contribution is -2.54. The zero-order valence-electron chi connectivity index (χ0n) is 28.7. The minimum absolute atomic E-state index is 0.145. The third-order valence-corrected chi connectivity index (χ3v) is 9.12. The van der Waals surface area contributed by atoms with Crippen molar-refractivity contribution in [1.29, 1.82) is 0 Å². The van der Waals surface area contributed by atoms with Gasteiger partial charge in [0, 0.05) is 63.1 Å². The third-order valence-electron chi connectivity index (χ3n) is 9.12. The smallest absolute Gasteiger partial charge is 0.410 e. The van der Waals surface area contributed by atoms with Crippen molar-refractivity contribution in [3.05, 3.63) is 89.7 Å². The average molecular weight is 657 g/mol. The van der Waals surface area contributed by atoms with Crippen molar-refractivity contribution in [3.8, 4) is 11.5 Å². The van der Waals surface area contributed by atoms with E-state index >= 15 is 0 Å². The molecule has 2 atom stereocenters. The van der Waals surface area contributed by atoms with Crippen LogP contribution in [0.25, 0.3) is 0 Å². The molecule has 1 fully saturated rings. The number of hydrogen-bond donors (Lipinski definition) is 1. The highest BCUT2D eigenvalue weighted by atomic mass is 16.6. The van der Waals surface area contributed by atoms with Gasteiger partial charge in [-0.05, 0) is 70.7 Å². The Kier molecular flexibility index (Phi) is 11.0. The first-order chi connectivity index (χ1) is 23.0. The molecule has 10 nitrogen and oxygen atoms in total. The van der Waals surface area contributed by atoms with Crippen LogP contribution in [0.5, 0.6) is 11.5 Å². The van der Waals surface area contributed by atoms with Gasteiger partial charge in [-0.3, -0.25) is 14.6 Å². The van der Waals surface area contributed by atoms with E-state index in [0.717, 1.165) is 47.6 Å². The lowest BCUT2D eigenvalue weighted by Gasteiger charge is -2.42. The van der Waals surface area contributed by atoms with E-state index < -0.39 is 28.9 Å². The maximum atomic E-state index is 14.2. The fourth-order valence-electron chi connectivity index (χ4n) is 6.84. The Morgan fingerprint density at radius 3 is 2.23 bits per heavy atom. The van der Waals surface area contributed by atoms with E-state index in [2.05, 4.69) is 22.4 Å². The van der Waals surface area contributed by atoms with Crippen LogP contribution >= 0.6 is 0 Å². The van der Waals surface area contributed by atoms with Crippen LogP contribution in [0.15, 0.2) is 72.9 Å². The number of nitrogens with one attached hydrogen (secondary N) is 1. The molecule has 1 saturated heterocycles. The Hall–Kier alpha value is -4.44. The average Bonchev–Trinajstić information content (AvgIpc) is 3.08. The van der Waals surface area contributed by atoms with Gasteiger partial charge in [-0.15, -0.1) is 0 Å². The Labute approximate surface area is 283 Å². The number of amides is 3. The van der Waals surface area contributed by atoms with Gasteiger partial charge in [-0.1, -0.05) is 42.5 Å².